The molecule has 1 aliphatic heterocycles. The molecule has 8 heteroatoms. The first-order valence-corrected chi connectivity index (χ1v) is 6.67. The Labute approximate surface area is 133 Å². The van der Waals surface area contributed by atoms with E-state index in [0.29, 0.717) is 0 Å². The third kappa shape index (κ3) is 2.69. The number of phenols is 1. The average molecular weight is 334 g/mol. The Morgan fingerprint density at radius 3 is 2.12 bits per heavy atom. The molecule has 0 aliphatic carbocycles. The van der Waals surface area contributed by atoms with E-state index in [1.807, 2.05) is 0 Å². The van der Waals surface area contributed by atoms with Gasteiger partial charge in [0.05, 0.1) is 5.69 Å². The Hall–Kier alpha value is -3.29. The third-order valence-corrected chi connectivity index (χ3v) is 3.30. The van der Waals surface area contributed by atoms with Crippen molar-refractivity contribution >= 4 is 23.2 Å². The predicted octanol–water partition coefficient (Wildman–Crippen LogP) is 2.68. The molecule has 0 atom stereocenters. The van der Waals surface area contributed by atoms with E-state index in [1.54, 1.807) is 0 Å². The maximum Gasteiger partial charge on any atom is 0.281 e. The number of hydrogen-bond donors (Lipinski definition) is 2. The molecular weight excluding hydrogens is 325 g/mol. The topological polar surface area (TPSA) is 69.6 Å². The second-order valence-electron chi connectivity index (χ2n) is 4.93. The SMILES string of the molecule is O=C1C=C(Nc2cc(F)c(O)c(F)c2)C(=O)N1c1ccc(F)cc1. The van der Waals surface area contributed by atoms with Crippen molar-refractivity contribution in [1.82, 2.24) is 0 Å². The van der Waals surface area contributed by atoms with Crippen LogP contribution in [0.4, 0.5) is 24.5 Å². The summed E-state index contributed by atoms with van der Waals surface area (Å²) in [7, 11) is 0. The van der Waals surface area contributed by atoms with E-state index in [4.69, 9.17) is 5.11 Å². The van der Waals surface area contributed by atoms with Crippen LogP contribution in [0.1, 0.15) is 0 Å². The van der Waals surface area contributed by atoms with E-state index >= 15 is 0 Å². The van der Waals surface area contributed by atoms with E-state index in [1.165, 1.54) is 12.1 Å². The van der Waals surface area contributed by atoms with Gasteiger partial charge in [-0.2, -0.15) is 0 Å². The van der Waals surface area contributed by atoms with Crippen LogP contribution in [0.15, 0.2) is 48.2 Å². The van der Waals surface area contributed by atoms with E-state index < -0.39 is 35.0 Å². The maximum absolute atomic E-state index is 13.3. The molecule has 1 aliphatic rings. The number of rotatable bonds is 3. The van der Waals surface area contributed by atoms with Crippen molar-refractivity contribution in [2.45, 2.75) is 0 Å². The van der Waals surface area contributed by atoms with Gasteiger partial charge in [-0.15, -0.1) is 0 Å². The van der Waals surface area contributed by atoms with Crippen LogP contribution in [-0.4, -0.2) is 16.9 Å². The minimum atomic E-state index is -1.22. The van der Waals surface area contributed by atoms with Gasteiger partial charge in [-0.05, 0) is 24.3 Å². The number of carbonyl (C=O) groups excluding carboxylic acids is 2. The predicted molar refractivity (Wildman–Crippen MR) is 78.6 cm³/mol. The van der Waals surface area contributed by atoms with Crippen molar-refractivity contribution in [3.8, 4) is 5.75 Å². The van der Waals surface area contributed by atoms with Crippen LogP contribution in [0.3, 0.4) is 0 Å². The number of amides is 2. The molecule has 0 aromatic heterocycles. The number of nitrogens with zero attached hydrogens (tertiary/aromatic N) is 1. The standard InChI is InChI=1S/C16H9F3N2O3/c17-8-1-3-10(4-2-8)21-14(22)7-13(16(21)24)20-9-5-11(18)15(23)12(19)6-9/h1-7,20,23H. The van der Waals surface area contributed by atoms with Gasteiger partial charge in [0.25, 0.3) is 11.8 Å². The molecule has 0 fully saturated rings. The van der Waals surface area contributed by atoms with Crippen molar-refractivity contribution in [2.75, 3.05) is 10.2 Å². The van der Waals surface area contributed by atoms with Gasteiger partial charge >= 0.3 is 0 Å². The van der Waals surface area contributed by atoms with Crippen LogP contribution in [-0.2, 0) is 9.59 Å². The summed E-state index contributed by atoms with van der Waals surface area (Å²) in [6.45, 7) is 0. The first-order chi connectivity index (χ1) is 11.4. The summed E-state index contributed by atoms with van der Waals surface area (Å²) in [5.74, 6) is -5.56. The Morgan fingerprint density at radius 2 is 1.54 bits per heavy atom. The molecule has 0 bridgehead atoms. The lowest BCUT2D eigenvalue weighted by molar-refractivity contribution is -0.120. The van der Waals surface area contributed by atoms with Crippen LogP contribution in [0.25, 0.3) is 0 Å². The van der Waals surface area contributed by atoms with Gasteiger partial charge in [0.1, 0.15) is 11.5 Å². The molecule has 0 saturated heterocycles. The monoisotopic (exact) mass is 334 g/mol. The molecule has 1 heterocycles. The van der Waals surface area contributed by atoms with Gasteiger partial charge in [0, 0.05) is 23.9 Å². The third-order valence-electron chi connectivity index (χ3n) is 3.30. The highest BCUT2D eigenvalue weighted by atomic mass is 19.1. The highest BCUT2D eigenvalue weighted by Gasteiger charge is 2.32. The first-order valence-electron chi connectivity index (χ1n) is 6.67. The molecule has 0 radical (unpaired) electrons. The second-order valence-corrected chi connectivity index (χ2v) is 4.93. The fourth-order valence-electron chi connectivity index (χ4n) is 2.19. The summed E-state index contributed by atoms with van der Waals surface area (Å²) < 4.78 is 39.6. The van der Waals surface area contributed by atoms with Crippen LogP contribution in [0.5, 0.6) is 5.75 Å². The Kier molecular flexibility index (Phi) is 3.72. The van der Waals surface area contributed by atoms with E-state index in [2.05, 4.69) is 5.32 Å². The number of aromatic hydroxyl groups is 1. The number of anilines is 2. The minimum absolute atomic E-state index is 0.155. The zero-order valence-corrected chi connectivity index (χ0v) is 11.9. The molecular formula is C16H9F3N2O3. The van der Waals surface area contributed by atoms with E-state index in [0.717, 1.165) is 35.2 Å². The van der Waals surface area contributed by atoms with Crippen LogP contribution < -0.4 is 10.2 Å². The highest BCUT2D eigenvalue weighted by Crippen LogP contribution is 2.27. The molecule has 122 valence electrons. The zero-order chi connectivity index (χ0) is 17.4. The Balaban J connectivity index is 1.86. The van der Waals surface area contributed by atoms with E-state index in [-0.39, 0.29) is 17.1 Å². The molecule has 0 saturated carbocycles. The number of phenolic OH excluding ortho intramolecular Hbond substituents is 1. The van der Waals surface area contributed by atoms with Crippen molar-refractivity contribution in [1.29, 1.82) is 0 Å². The number of nitrogens with one attached hydrogen (secondary N) is 1. The fourth-order valence-corrected chi connectivity index (χ4v) is 2.19. The van der Waals surface area contributed by atoms with Crippen molar-refractivity contribution in [3.05, 3.63) is 65.6 Å². The molecule has 0 spiro atoms. The molecule has 0 unspecified atom stereocenters. The van der Waals surface area contributed by atoms with Crippen LogP contribution >= 0.6 is 0 Å². The number of hydrogen-bond acceptors (Lipinski definition) is 4. The number of halogens is 3. The molecule has 2 aromatic rings. The summed E-state index contributed by atoms with van der Waals surface area (Å²) in [6, 6.07) is 6.23. The lowest BCUT2D eigenvalue weighted by atomic mass is 10.2. The van der Waals surface area contributed by atoms with E-state index in [9.17, 15) is 22.8 Å². The first kappa shape index (κ1) is 15.6. The van der Waals surface area contributed by atoms with Crippen molar-refractivity contribution in [2.24, 2.45) is 0 Å². The summed E-state index contributed by atoms with van der Waals surface area (Å²) in [4.78, 5) is 25.0. The number of carbonyl (C=O) groups is 2. The normalized spacial score (nSPS) is 14.1. The summed E-state index contributed by atoms with van der Waals surface area (Å²) in [5.41, 5.74) is -0.215. The van der Waals surface area contributed by atoms with Gasteiger partial charge in [0.2, 0.25) is 0 Å². The largest absolute Gasteiger partial charge is 0.503 e. The molecule has 2 N–H and O–H groups in total. The molecule has 5 nitrogen and oxygen atoms in total. The van der Waals surface area contributed by atoms with Gasteiger partial charge in [0.15, 0.2) is 17.4 Å². The molecule has 3 rings (SSSR count). The highest BCUT2D eigenvalue weighted by molar-refractivity contribution is 6.31. The average Bonchev–Trinajstić information content (AvgIpc) is 2.80. The molecule has 2 aromatic carbocycles. The minimum Gasteiger partial charge on any atom is -0.503 e. The van der Waals surface area contributed by atoms with Crippen LogP contribution in [0.2, 0.25) is 0 Å². The smallest absolute Gasteiger partial charge is 0.281 e. The molecule has 2 amide bonds. The fraction of sp³-hybridized carbons (Fsp3) is 0. The van der Waals surface area contributed by atoms with Gasteiger partial charge in [-0.3, -0.25) is 9.59 Å². The lowest BCUT2D eigenvalue weighted by Gasteiger charge is -2.15. The van der Waals surface area contributed by atoms with Crippen molar-refractivity contribution < 1.29 is 27.9 Å². The maximum atomic E-state index is 13.3. The number of benzene rings is 2. The van der Waals surface area contributed by atoms with Gasteiger partial charge in [-0.1, -0.05) is 0 Å². The summed E-state index contributed by atoms with van der Waals surface area (Å²) >= 11 is 0. The van der Waals surface area contributed by atoms with Gasteiger partial charge in [-0.25, -0.2) is 18.1 Å². The Bertz CT molecular complexity index is 856. The van der Waals surface area contributed by atoms with Crippen molar-refractivity contribution in [3.63, 3.8) is 0 Å². The summed E-state index contributed by atoms with van der Waals surface area (Å²) in [6.07, 6.45) is 0.953. The Morgan fingerprint density at radius 1 is 0.958 bits per heavy atom. The lowest BCUT2D eigenvalue weighted by Crippen LogP contribution is -2.31. The quantitative estimate of drug-likeness (QED) is 0.669. The van der Waals surface area contributed by atoms with Crippen LogP contribution in [0, 0.1) is 17.5 Å². The number of imide groups is 1. The zero-order valence-electron chi connectivity index (χ0n) is 11.9. The second kappa shape index (κ2) is 5.73. The van der Waals surface area contributed by atoms with Gasteiger partial charge < -0.3 is 10.4 Å². The summed E-state index contributed by atoms with van der Waals surface area (Å²) in [5, 5.41) is 11.5. The molecule has 24 heavy (non-hydrogen) atoms.